The minimum absolute atomic E-state index is 0.176. The third kappa shape index (κ3) is 5.28. The summed E-state index contributed by atoms with van der Waals surface area (Å²) in [6, 6.07) is 12.4. The Kier molecular flexibility index (Phi) is 6.62. The lowest BCUT2D eigenvalue weighted by atomic mass is 10.2. The lowest BCUT2D eigenvalue weighted by Gasteiger charge is -2.24. The quantitative estimate of drug-likeness (QED) is 0.742. The molecule has 2 aromatic rings. The normalized spacial score (nSPS) is 10.9. The molecule has 3 nitrogen and oxygen atoms in total. The number of thiophene rings is 1. The van der Waals surface area contributed by atoms with E-state index >= 15 is 0 Å². The highest BCUT2D eigenvalue weighted by Gasteiger charge is 2.14. The topological polar surface area (TPSA) is 23.6 Å². The van der Waals surface area contributed by atoms with E-state index in [-0.39, 0.29) is 5.91 Å². The lowest BCUT2D eigenvalue weighted by molar-refractivity contribution is -0.131. The summed E-state index contributed by atoms with van der Waals surface area (Å²) in [5.74, 6) is 0.176. The predicted molar refractivity (Wildman–Crippen MR) is 92.8 cm³/mol. The summed E-state index contributed by atoms with van der Waals surface area (Å²) in [6.07, 6.45) is 1.05. The smallest absolute Gasteiger partial charge is 0.236 e. The van der Waals surface area contributed by atoms with Crippen molar-refractivity contribution in [3.63, 3.8) is 0 Å². The highest BCUT2D eigenvalue weighted by molar-refractivity contribution is 7.07. The van der Waals surface area contributed by atoms with Crippen molar-refractivity contribution < 1.29 is 4.79 Å². The zero-order chi connectivity index (χ0) is 15.8. The summed E-state index contributed by atoms with van der Waals surface area (Å²) in [4.78, 5) is 16.5. The van der Waals surface area contributed by atoms with Gasteiger partial charge in [0.1, 0.15) is 0 Å². The highest BCUT2D eigenvalue weighted by atomic mass is 32.1. The van der Waals surface area contributed by atoms with Gasteiger partial charge in [0.15, 0.2) is 0 Å². The molecule has 118 valence electrons. The number of carbonyl (C=O) groups is 1. The minimum Gasteiger partial charge on any atom is -0.340 e. The van der Waals surface area contributed by atoms with E-state index in [0.29, 0.717) is 13.1 Å². The van der Waals surface area contributed by atoms with Crippen LogP contribution in [0.4, 0.5) is 0 Å². The van der Waals surface area contributed by atoms with Gasteiger partial charge in [0.05, 0.1) is 6.54 Å². The summed E-state index contributed by atoms with van der Waals surface area (Å²) in [6.45, 7) is 5.08. The van der Waals surface area contributed by atoms with Gasteiger partial charge in [-0.25, -0.2) is 0 Å². The van der Waals surface area contributed by atoms with Gasteiger partial charge in [0.25, 0.3) is 0 Å². The van der Waals surface area contributed by atoms with E-state index in [2.05, 4.69) is 35.4 Å². The molecular weight excluding hydrogens is 292 g/mol. The largest absolute Gasteiger partial charge is 0.340 e. The zero-order valence-corrected chi connectivity index (χ0v) is 14.2. The van der Waals surface area contributed by atoms with Crippen LogP contribution in [-0.4, -0.2) is 35.8 Å². The Morgan fingerprint density at radius 2 is 1.86 bits per heavy atom. The molecule has 4 heteroatoms. The number of carbonyl (C=O) groups excluding carboxylic acids is 1. The molecule has 0 saturated heterocycles. The molecule has 0 unspecified atom stereocenters. The van der Waals surface area contributed by atoms with Gasteiger partial charge in [-0.3, -0.25) is 9.69 Å². The van der Waals surface area contributed by atoms with Crippen molar-refractivity contribution in [2.75, 3.05) is 20.1 Å². The van der Waals surface area contributed by atoms with Crippen LogP contribution in [0.2, 0.25) is 0 Å². The molecule has 0 N–H and O–H groups in total. The molecule has 0 aliphatic rings. The van der Waals surface area contributed by atoms with Crippen LogP contribution in [0.25, 0.3) is 0 Å². The van der Waals surface area contributed by atoms with Crippen LogP contribution in [0.1, 0.15) is 24.5 Å². The maximum atomic E-state index is 12.4. The summed E-state index contributed by atoms with van der Waals surface area (Å²) in [5, 5.41) is 4.14. The molecule has 0 aliphatic carbocycles. The Balaban J connectivity index is 1.90. The minimum atomic E-state index is 0.176. The molecule has 0 atom stereocenters. The molecule has 1 heterocycles. The van der Waals surface area contributed by atoms with Crippen LogP contribution < -0.4 is 0 Å². The first-order chi connectivity index (χ1) is 10.7. The van der Waals surface area contributed by atoms with Crippen molar-refractivity contribution in [3.8, 4) is 0 Å². The van der Waals surface area contributed by atoms with Crippen LogP contribution >= 0.6 is 11.3 Å². The number of hydrogen-bond acceptors (Lipinski definition) is 3. The van der Waals surface area contributed by atoms with Crippen LogP contribution in [0, 0.1) is 0 Å². The lowest BCUT2D eigenvalue weighted by Crippen LogP contribution is -2.38. The molecule has 0 spiro atoms. The number of likely N-dealkylation sites (N-methyl/N-ethyl adjacent to an activating group) is 1. The third-order valence-electron chi connectivity index (χ3n) is 3.57. The summed E-state index contributed by atoms with van der Waals surface area (Å²) in [7, 11) is 1.88. The monoisotopic (exact) mass is 316 g/mol. The molecule has 2 rings (SSSR count). The van der Waals surface area contributed by atoms with Gasteiger partial charge < -0.3 is 4.90 Å². The Hall–Kier alpha value is -1.65. The molecule has 0 radical (unpaired) electrons. The van der Waals surface area contributed by atoms with Gasteiger partial charge >= 0.3 is 0 Å². The molecule has 0 aliphatic heterocycles. The van der Waals surface area contributed by atoms with E-state index in [1.807, 2.05) is 35.5 Å². The Bertz CT molecular complexity index is 554. The molecule has 0 bridgehead atoms. The first-order valence-electron chi connectivity index (χ1n) is 7.70. The van der Waals surface area contributed by atoms with Gasteiger partial charge in [-0.1, -0.05) is 37.3 Å². The molecule has 1 aromatic carbocycles. The van der Waals surface area contributed by atoms with Gasteiger partial charge in [0, 0.05) is 20.1 Å². The van der Waals surface area contributed by atoms with Crippen LogP contribution in [0.15, 0.2) is 47.2 Å². The van der Waals surface area contributed by atoms with Crippen molar-refractivity contribution in [2.24, 2.45) is 0 Å². The van der Waals surface area contributed by atoms with Crippen LogP contribution in [0.5, 0.6) is 0 Å². The van der Waals surface area contributed by atoms with Gasteiger partial charge in [-0.15, -0.1) is 0 Å². The van der Waals surface area contributed by atoms with E-state index in [4.69, 9.17) is 0 Å². The zero-order valence-electron chi connectivity index (χ0n) is 13.4. The van der Waals surface area contributed by atoms with Crippen LogP contribution in [0.3, 0.4) is 0 Å². The van der Waals surface area contributed by atoms with E-state index in [1.165, 1.54) is 11.1 Å². The number of benzene rings is 1. The third-order valence-corrected chi connectivity index (χ3v) is 4.31. The fourth-order valence-corrected chi connectivity index (χ4v) is 3.09. The van der Waals surface area contributed by atoms with Gasteiger partial charge in [-0.2, -0.15) is 11.3 Å². The maximum absolute atomic E-state index is 12.4. The first kappa shape index (κ1) is 16.7. The molecule has 22 heavy (non-hydrogen) atoms. The van der Waals surface area contributed by atoms with Crippen molar-refractivity contribution >= 4 is 17.2 Å². The van der Waals surface area contributed by atoms with Gasteiger partial charge in [0.2, 0.25) is 5.91 Å². The van der Waals surface area contributed by atoms with E-state index in [9.17, 15) is 4.79 Å². The van der Waals surface area contributed by atoms with E-state index in [0.717, 1.165) is 19.5 Å². The molecule has 0 fully saturated rings. The second kappa shape index (κ2) is 8.71. The average Bonchev–Trinajstić information content (AvgIpc) is 3.01. The van der Waals surface area contributed by atoms with Crippen molar-refractivity contribution in [3.05, 3.63) is 58.3 Å². The summed E-state index contributed by atoms with van der Waals surface area (Å²) in [5.41, 5.74) is 2.45. The molecule has 0 saturated carbocycles. The SMILES string of the molecule is CCCN(CC(=O)N(C)Cc1ccsc1)Cc1ccccc1. The summed E-state index contributed by atoms with van der Waals surface area (Å²) >= 11 is 1.67. The van der Waals surface area contributed by atoms with Crippen LogP contribution in [-0.2, 0) is 17.9 Å². The fourth-order valence-electron chi connectivity index (χ4n) is 2.43. The molecule has 1 amide bonds. The first-order valence-corrected chi connectivity index (χ1v) is 8.64. The Morgan fingerprint density at radius 1 is 1.09 bits per heavy atom. The average molecular weight is 316 g/mol. The Labute approximate surface area is 137 Å². The molecular formula is C18H24N2OS. The van der Waals surface area contributed by atoms with Crippen molar-refractivity contribution in [2.45, 2.75) is 26.4 Å². The highest BCUT2D eigenvalue weighted by Crippen LogP contribution is 2.10. The molecule has 1 aromatic heterocycles. The van der Waals surface area contributed by atoms with E-state index in [1.54, 1.807) is 11.3 Å². The second-order valence-corrected chi connectivity index (χ2v) is 6.36. The number of rotatable bonds is 8. The summed E-state index contributed by atoms with van der Waals surface area (Å²) < 4.78 is 0. The Morgan fingerprint density at radius 3 is 2.50 bits per heavy atom. The standard InChI is InChI=1S/C18H24N2OS/c1-3-10-20(13-16-7-5-4-6-8-16)14-18(21)19(2)12-17-9-11-22-15-17/h4-9,11,15H,3,10,12-14H2,1-2H3. The van der Waals surface area contributed by atoms with Crippen molar-refractivity contribution in [1.29, 1.82) is 0 Å². The number of amides is 1. The predicted octanol–water partition coefficient (Wildman–Crippen LogP) is 3.62. The van der Waals surface area contributed by atoms with E-state index < -0.39 is 0 Å². The fraction of sp³-hybridized carbons (Fsp3) is 0.389. The van der Waals surface area contributed by atoms with Crippen molar-refractivity contribution in [1.82, 2.24) is 9.80 Å². The second-order valence-electron chi connectivity index (χ2n) is 5.58. The van der Waals surface area contributed by atoms with Gasteiger partial charge in [-0.05, 0) is 40.9 Å². The number of nitrogens with zero attached hydrogens (tertiary/aromatic N) is 2. The number of hydrogen-bond donors (Lipinski definition) is 0. The maximum Gasteiger partial charge on any atom is 0.236 e.